The van der Waals surface area contributed by atoms with Crippen molar-refractivity contribution in [1.82, 2.24) is 25.0 Å². The molecule has 1 saturated heterocycles. The highest BCUT2D eigenvalue weighted by Crippen LogP contribution is 2.45. The Bertz CT molecular complexity index is 780. The Kier molecular flexibility index (Phi) is 3.87. The van der Waals surface area contributed by atoms with Gasteiger partial charge >= 0.3 is 0 Å². The summed E-state index contributed by atoms with van der Waals surface area (Å²) < 4.78 is 20.6. The number of nitrogens with zero attached hydrogens (tertiary/aromatic N) is 5. The molecule has 1 aliphatic heterocycles. The van der Waals surface area contributed by atoms with Gasteiger partial charge in [0.05, 0.1) is 12.1 Å². The molecule has 24 heavy (non-hydrogen) atoms. The Labute approximate surface area is 148 Å². The molecule has 1 saturated carbocycles. The zero-order chi connectivity index (χ0) is 17.1. The first-order valence-corrected chi connectivity index (χ1v) is 8.91. The molecule has 4 atom stereocenters. The topological polar surface area (TPSA) is 84.2 Å². The quantitative estimate of drug-likeness (QED) is 0.733. The molecule has 2 aromatic heterocycles. The minimum absolute atomic E-state index is 0.0302. The summed E-state index contributed by atoms with van der Waals surface area (Å²) in [6.45, 7) is 8.32. The van der Waals surface area contributed by atoms with Crippen molar-refractivity contribution in [1.29, 1.82) is 0 Å². The van der Waals surface area contributed by atoms with E-state index in [0.29, 0.717) is 28.2 Å². The van der Waals surface area contributed by atoms with E-state index >= 15 is 0 Å². The number of aryl methyl sites for hydroxylation is 1. The van der Waals surface area contributed by atoms with E-state index in [9.17, 15) is 0 Å². The van der Waals surface area contributed by atoms with Crippen molar-refractivity contribution in [2.75, 3.05) is 6.61 Å². The van der Waals surface area contributed by atoms with Crippen molar-refractivity contribution in [3.05, 3.63) is 10.4 Å². The van der Waals surface area contributed by atoms with Gasteiger partial charge in [-0.1, -0.05) is 5.21 Å². The van der Waals surface area contributed by atoms with Gasteiger partial charge in [0.25, 0.3) is 0 Å². The van der Waals surface area contributed by atoms with Crippen LogP contribution in [-0.4, -0.2) is 55.7 Å². The first kappa shape index (κ1) is 16.3. The van der Waals surface area contributed by atoms with Crippen molar-refractivity contribution in [2.45, 2.75) is 64.3 Å². The number of aromatic nitrogens is 5. The van der Waals surface area contributed by atoms with Crippen molar-refractivity contribution >= 4 is 27.1 Å². The molecule has 4 rings (SSSR count). The molecule has 0 N–H and O–H groups in total. The lowest BCUT2D eigenvalue weighted by atomic mass is 10.2. The van der Waals surface area contributed by atoms with Crippen LogP contribution in [0.3, 0.4) is 0 Å². The lowest BCUT2D eigenvalue weighted by Crippen LogP contribution is -2.31. The molecule has 0 amide bonds. The Morgan fingerprint density at radius 2 is 2.04 bits per heavy atom. The van der Waals surface area contributed by atoms with Crippen molar-refractivity contribution < 1.29 is 14.2 Å². The van der Waals surface area contributed by atoms with Crippen LogP contribution in [0.2, 0.25) is 0 Å². The highest BCUT2D eigenvalue weighted by atomic mass is 79.9. The third-order valence-corrected chi connectivity index (χ3v) is 5.02. The summed E-state index contributed by atoms with van der Waals surface area (Å²) in [4.78, 5) is 8.81. The standard InChI is InChI=1S/C15H20BrN5O3/c1-5-22-9-6-8(11-12(9)24-15(3,4)23-11)21-14-10(19-20-21)13(16)17-7(2)18-14/h8-9,11-12H,5-6H2,1-4H3/t8-,9+,11+,12-/m1/s1. The van der Waals surface area contributed by atoms with Crippen LogP contribution in [0.4, 0.5) is 0 Å². The minimum Gasteiger partial charge on any atom is -0.376 e. The summed E-state index contributed by atoms with van der Waals surface area (Å²) in [7, 11) is 0. The third-order valence-electron chi connectivity index (χ3n) is 4.47. The molecule has 2 aromatic rings. The van der Waals surface area contributed by atoms with E-state index in [1.165, 1.54) is 0 Å². The molecule has 8 nitrogen and oxygen atoms in total. The molecule has 2 fully saturated rings. The van der Waals surface area contributed by atoms with Crippen LogP contribution < -0.4 is 0 Å². The maximum Gasteiger partial charge on any atom is 0.183 e. The summed E-state index contributed by atoms with van der Waals surface area (Å²) in [5, 5.41) is 8.55. The Morgan fingerprint density at radius 1 is 1.29 bits per heavy atom. The summed E-state index contributed by atoms with van der Waals surface area (Å²) >= 11 is 3.43. The molecule has 0 bridgehead atoms. The van der Waals surface area contributed by atoms with Gasteiger partial charge < -0.3 is 14.2 Å². The summed E-state index contributed by atoms with van der Waals surface area (Å²) in [5.74, 6) is 0.0309. The Hall–Kier alpha value is -1.16. The van der Waals surface area contributed by atoms with Gasteiger partial charge in [0.15, 0.2) is 17.0 Å². The van der Waals surface area contributed by atoms with Gasteiger partial charge in [-0.2, -0.15) is 0 Å². The van der Waals surface area contributed by atoms with E-state index in [1.54, 1.807) is 0 Å². The average molecular weight is 398 g/mol. The molecule has 130 valence electrons. The predicted molar refractivity (Wildman–Crippen MR) is 88.4 cm³/mol. The zero-order valence-electron chi connectivity index (χ0n) is 14.1. The second kappa shape index (κ2) is 5.69. The summed E-state index contributed by atoms with van der Waals surface area (Å²) in [6, 6.07) is -0.0421. The van der Waals surface area contributed by atoms with Crippen LogP contribution >= 0.6 is 15.9 Å². The number of hydrogen-bond acceptors (Lipinski definition) is 7. The largest absolute Gasteiger partial charge is 0.376 e. The Balaban J connectivity index is 1.76. The van der Waals surface area contributed by atoms with E-state index in [1.807, 2.05) is 32.4 Å². The van der Waals surface area contributed by atoms with Gasteiger partial charge in [-0.25, -0.2) is 14.6 Å². The number of rotatable bonds is 3. The predicted octanol–water partition coefficient (Wildman–Crippen LogP) is 2.16. The number of hydrogen-bond donors (Lipinski definition) is 0. The third kappa shape index (κ3) is 2.54. The van der Waals surface area contributed by atoms with Crippen molar-refractivity contribution in [3.63, 3.8) is 0 Å². The van der Waals surface area contributed by atoms with Crippen molar-refractivity contribution in [3.8, 4) is 0 Å². The summed E-state index contributed by atoms with van der Waals surface area (Å²) in [5.41, 5.74) is 1.35. The fraction of sp³-hybridized carbons (Fsp3) is 0.733. The highest BCUT2D eigenvalue weighted by molar-refractivity contribution is 9.10. The molecule has 3 heterocycles. The van der Waals surface area contributed by atoms with Gasteiger partial charge in [0.1, 0.15) is 22.6 Å². The van der Waals surface area contributed by atoms with E-state index < -0.39 is 5.79 Å². The lowest BCUT2D eigenvalue weighted by Gasteiger charge is -2.23. The first-order valence-electron chi connectivity index (χ1n) is 8.12. The van der Waals surface area contributed by atoms with Crippen molar-refractivity contribution in [2.24, 2.45) is 0 Å². The lowest BCUT2D eigenvalue weighted by molar-refractivity contribution is -0.170. The molecular weight excluding hydrogens is 378 g/mol. The first-order chi connectivity index (χ1) is 11.4. The van der Waals surface area contributed by atoms with Crippen LogP contribution in [0.5, 0.6) is 0 Å². The second-order valence-corrected chi connectivity index (χ2v) is 7.38. The molecular formula is C15H20BrN5O3. The average Bonchev–Trinajstić information content (AvgIpc) is 3.12. The van der Waals surface area contributed by atoms with Gasteiger partial charge in [0, 0.05) is 13.0 Å². The molecule has 0 aromatic carbocycles. The van der Waals surface area contributed by atoms with Crippen LogP contribution in [0, 0.1) is 6.92 Å². The SMILES string of the molecule is CCO[C@H]1C[C@@H](n2nnc3c(Br)nc(C)nc32)[C@@H]2OC(C)(C)O[C@@H]21. The number of ether oxygens (including phenoxy) is 3. The maximum atomic E-state index is 6.15. The molecule has 9 heteroatoms. The van der Waals surface area contributed by atoms with Gasteiger partial charge in [-0.15, -0.1) is 5.10 Å². The summed E-state index contributed by atoms with van der Waals surface area (Å²) in [6.07, 6.45) is 0.460. The molecule has 1 aliphatic carbocycles. The monoisotopic (exact) mass is 397 g/mol. The fourth-order valence-electron chi connectivity index (χ4n) is 3.65. The van der Waals surface area contributed by atoms with Crippen LogP contribution in [0.15, 0.2) is 4.60 Å². The van der Waals surface area contributed by atoms with E-state index in [4.69, 9.17) is 14.2 Å². The van der Waals surface area contributed by atoms with Gasteiger partial charge in [0.2, 0.25) is 0 Å². The highest BCUT2D eigenvalue weighted by Gasteiger charge is 2.55. The molecule has 2 aliphatic rings. The number of fused-ring (bicyclic) bond motifs is 2. The van der Waals surface area contributed by atoms with Crippen LogP contribution in [0.1, 0.15) is 39.1 Å². The Morgan fingerprint density at radius 3 is 2.79 bits per heavy atom. The van der Waals surface area contributed by atoms with E-state index in [2.05, 4.69) is 36.2 Å². The normalized spacial score (nSPS) is 31.7. The zero-order valence-corrected chi connectivity index (χ0v) is 15.6. The second-order valence-electron chi connectivity index (χ2n) is 6.63. The molecule has 0 spiro atoms. The number of halogens is 1. The van der Waals surface area contributed by atoms with Crippen LogP contribution in [0.25, 0.3) is 11.2 Å². The van der Waals surface area contributed by atoms with E-state index in [0.717, 1.165) is 6.42 Å². The smallest absolute Gasteiger partial charge is 0.183 e. The molecule has 0 unspecified atom stereocenters. The molecule has 0 radical (unpaired) electrons. The van der Waals surface area contributed by atoms with Crippen LogP contribution in [-0.2, 0) is 14.2 Å². The van der Waals surface area contributed by atoms with E-state index in [-0.39, 0.29) is 24.4 Å². The van der Waals surface area contributed by atoms with Gasteiger partial charge in [-0.3, -0.25) is 0 Å². The maximum absolute atomic E-state index is 6.15. The van der Waals surface area contributed by atoms with Gasteiger partial charge in [-0.05, 0) is 43.6 Å². The minimum atomic E-state index is -0.634. The fourth-order valence-corrected chi connectivity index (χ4v) is 4.16.